The van der Waals surface area contributed by atoms with E-state index in [0.717, 1.165) is 22.0 Å². The SMILES string of the molecule is CCCc1c(I)cc(C(=O)C(C)C(=O)OCC)cc1OC. The molecule has 1 unspecified atom stereocenters. The fourth-order valence-corrected chi connectivity index (χ4v) is 2.92. The number of hydrogen-bond acceptors (Lipinski definition) is 4. The zero-order valence-electron chi connectivity index (χ0n) is 12.9. The van der Waals surface area contributed by atoms with Crippen LogP contribution in [0.2, 0.25) is 0 Å². The zero-order chi connectivity index (χ0) is 16.0. The molecule has 116 valence electrons. The van der Waals surface area contributed by atoms with E-state index in [2.05, 4.69) is 29.5 Å². The lowest BCUT2D eigenvalue weighted by atomic mass is 9.97. The minimum Gasteiger partial charge on any atom is -0.496 e. The first-order chi connectivity index (χ1) is 9.96. The number of Topliss-reactive ketones (excluding diaryl/α,β-unsaturated/α-hetero) is 1. The standard InChI is InChI=1S/C16H21IO4/c1-5-7-12-13(17)8-11(9-14(12)20-4)15(18)10(3)16(19)21-6-2/h8-10H,5-7H2,1-4H3. The monoisotopic (exact) mass is 404 g/mol. The van der Waals surface area contributed by atoms with Crippen molar-refractivity contribution >= 4 is 34.3 Å². The van der Waals surface area contributed by atoms with Gasteiger partial charge in [-0.2, -0.15) is 0 Å². The number of carbonyl (C=O) groups excluding carboxylic acids is 2. The molecule has 0 spiro atoms. The molecule has 0 saturated carbocycles. The van der Waals surface area contributed by atoms with Gasteiger partial charge in [-0.1, -0.05) is 13.3 Å². The fourth-order valence-electron chi connectivity index (χ4n) is 2.05. The predicted octanol–water partition coefficient (Wildman–Crippen LogP) is 3.63. The Morgan fingerprint density at radius 2 is 1.95 bits per heavy atom. The van der Waals surface area contributed by atoms with Crippen LogP contribution in [-0.2, 0) is 16.0 Å². The van der Waals surface area contributed by atoms with Gasteiger partial charge < -0.3 is 9.47 Å². The van der Waals surface area contributed by atoms with Gasteiger partial charge in [0.2, 0.25) is 0 Å². The van der Waals surface area contributed by atoms with Gasteiger partial charge in [-0.25, -0.2) is 0 Å². The normalized spacial score (nSPS) is 11.9. The molecule has 21 heavy (non-hydrogen) atoms. The lowest BCUT2D eigenvalue weighted by Gasteiger charge is -2.14. The summed E-state index contributed by atoms with van der Waals surface area (Å²) in [5, 5.41) is 0. The van der Waals surface area contributed by atoms with Crippen molar-refractivity contribution in [3.8, 4) is 5.75 Å². The lowest BCUT2D eigenvalue weighted by Crippen LogP contribution is -2.23. The largest absolute Gasteiger partial charge is 0.496 e. The van der Waals surface area contributed by atoms with E-state index < -0.39 is 11.9 Å². The maximum Gasteiger partial charge on any atom is 0.316 e. The third-order valence-corrected chi connectivity index (χ3v) is 4.15. The fraction of sp³-hybridized carbons (Fsp3) is 0.500. The van der Waals surface area contributed by atoms with E-state index in [4.69, 9.17) is 9.47 Å². The van der Waals surface area contributed by atoms with Crippen LogP contribution in [0.5, 0.6) is 5.75 Å². The molecular formula is C16H21IO4. The van der Waals surface area contributed by atoms with E-state index in [1.807, 2.05) is 6.07 Å². The van der Waals surface area contributed by atoms with Crippen molar-refractivity contribution in [2.75, 3.05) is 13.7 Å². The summed E-state index contributed by atoms with van der Waals surface area (Å²) < 4.78 is 11.3. The van der Waals surface area contributed by atoms with E-state index in [1.54, 1.807) is 27.0 Å². The third kappa shape index (κ3) is 4.43. The first-order valence-electron chi connectivity index (χ1n) is 7.03. The van der Waals surface area contributed by atoms with Gasteiger partial charge >= 0.3 is 5.97 Å². The Bertz CT molecular complexity index is 525. The number of halogens is 1. The van der Waals surface area contributed by atoms with Crippen LogP contribution in [0.3, 0.4) is 0 Å². The van der Waals surface area contributed by atoms with Gasteiger partial charge in [-0.15, -0.1) is 0 Å². The molecule has 5 heteroatoms. The lowest BCUT2D eigenvalue weighted by molar-refractivity contribution is -0.145. The second kappa shape index (κ2) is 8.36. The molecule has 0 saturated heterocycles. The van der Waals surface area contributed by atoms with Crippen molar-refractivity contribution in [2.24, 2.45) is 5.92 Å². The van der Waals surface area contributed by atoms with Crippen molar-refractivity contribution in [1.29, 1.82) is 0 Å². The number of benzene rings is 1. The van der Waals surface area contributed by atoms with Crippen molar-refractivity contribution < 1.29 is 19.1 Å². The van der Waals surface area contributed by atoms with Gasteiger partial charge in [-0.3, -0.25) is 9.59 Å². The van der Waals surface area contributed by atoms with Crippen molar-refractivity contribution in [3.05, 3.63) is 26.8 Å². The predicted molar refractivity (Wildman–Crippen MR) is 89.8 cm³/mol. The van der Waals surface area contributed by atoms with Gasteiger partial charge in [0, 0.05) is 14.7 Å². The highest BCUT2D eigenvalue weighted by atomic mass is 127. The van der Waals surface area contributed by atoms with Crippen LogP contribution in [0.4, 0.5) is 0 Å². The number of carbonyl (C=O) groups is 2. The molecule has 0 radical (unpaired) electrons. The quantitative estimate of drug-likeness (QED) is 0.302. The van der Waals surface area contributed by atoms with Gasteiger partial charge in [0.1, 0.15) is 11.7 Å². The zero-order valence-corrected chi connectivity index (χ0v) is 15.0. The van der Waals surface area contributed by atoms with E-state index in [1.165, 1.54) is 0 Å². The highest BCUT2D eigenvalue weighted by molar-refractivity contribution is 14.1. The first kappa shape index (κ1) is 17.9. The molecular weight excluding hydrogens is 383 g/mol. The molecule has 1 aromatic rings. The van der Waals surface area contributed by atoms with Crippen LogP contribution < -0.4 is 4.74 Å². The molecule has 0 heterocycles. The highest BCUT2D eigenvalue weighted by Crippen LogP contribution is 2.28. The maximum absolute atomic E-state index is 12.4. The average molecular weight is 404 g/mol. The molecule has 0 aromatic heterocycles. The van der Waals surface area contributed by atoms with E-state index in [0.29, 0.717) is 11.3 Å². The van der Waals surface area contributed by atoms with Crippen LogP contribution in [0, 0.1) is 9.49 Å². The summed E-state index contributed by atoms with van der Waals surface area (Å²) in [6, 6.07) is 3.53. The minimum absolute atomic E-state index is 0.243. The summed E-state index contributed by atoms with van der Waals surface area (Å²) in [6.45, 7) is 5.66. The number of rotatable bonds is 7. The third-order valence-electron chi connectivity index (χ3n) is 3.19. The average Bonchev–Trinajstić information content (AvgIpc) is 2.47. The molecule has 4 nitrogen and oxygen atoms in total. The second-order valence-electron chi connectivity index (χ2n) is 4.73. The Morgan fingerprint density at radius 1 is 1.29 bits per heavy atom. The summed E-state index contributed by atoms with van der Waals surface area (Å²) in [4.78, 5) is 24.1. The number of ketones is 1. The second-order valence-corrected chi connectivity index (χ2v) is 5.89. The number of hydrogen-bond donors (Lipinski definition) is 0. The first-order valence-corrected chi connectivity index (χ1v) is 8.11. The summed E-state index contributed by atoms with van der Waals surface area (Å²) in [7, 11) is 1.59. The van der Waals surface area contributed by atoms with Gasteiger partial charge in [0.25, 0.3) is 0 Å². The molecule has 1 atom stereocenters. The Kier molecular flexibility index (Phi) is 7.14. The molecule has 0 fully saturated rings. The molecule has 0 N–H and O–H groups in total. The Morgan fingerprint density at radius 3 is 2.48 bits per heavy atom. The number of ether oxygens (including phenoxy) is 2. The Labute approximate surface area is 139 Å². The smallest absolute Gasteiger partial charge is 0.316 e. The maximum atomic E-state index is 12.4. The van der Waals surface area contributed by atoms with Gasteiger partial charge in [0.05, 0.1) is 13.7 Å². The van der Waals surface area contributed by atoms with Crippen LogP contribution in [0.1, 0.15) is 43.1 Å². The molecule has 0 bridgehead atoms. The van der Waals surface area contributed by atoms with E-state index in [-0.39, 0.29) is 12.4 Å². The van der Waals surface area contributed by atoms with E-state index >= 15 is 0 Å². The van der Waals surface area contributed by atoms with Crippen LogP contribution in [-0.4, -0.2) is 25.5 Å². The molecule has 0 aliphatic carbocycles. The molecule has 0 aliphatic rings. The highest BCUT2D eigenvalue weighted by Gasteiger charge is 2.25. The summed E-state index contributed by atoms with van der Waals surface area (Å²) in [5.41, 5.74) is 1.58. The van der Waals surface area contributed by atoms with Crippen molar-refractivity contribution in [3.63, 3.8) is 0 Å². The topological polar surface area (TPSA) is 52.6 Å². The molecule has 1 rings (SSSR count). The van der Waals surface area contributed by atoms with Crippen LogP contribution in [0.25, 0.3) is 0 Å². The van der Waals surface area contributed by atoms with Crippen LogP contribution in [0.15, 0.2) is 12.1 Å². The molecule has 1 aromatic carbocycles. The molecule has 0 aliphatic heterocycles. The minimum atomic E-state index is -0.803. The van der Waals surface area contributed by atoms with Crippen molar-refractivity contribution in [2.45, 2.75) is 33.6 Å². The van der Waals surface area contributed by atoms with Crippen LogP contribution >= 0.6 is 22.6 Å². The number of methoxy groups -OCH3 is 1. The molecule has 0 amide bonds. The summed E-state index contributed by atoms with van der Waals surface area (Å²) in [5.74, 6) is -0.840. The number of esters is 1. The van der Waals surface area contributed by atoms with Gasteiger partial charge in [-0.05, 0) is 55.0 Å². The van der Waals surface area contributed by atoms with E-state index in [9.17, 15) is 9.59 Å². The summed E-state index contributed by atoms with van der Waals surface area (Å²) in [6.07, 6.45) is 1.89. The Balaban J connectivity index is 3.11. The van der Waals surface area contributed by atoms with Crippen molar-refractivity contribution in [1.82, 2.24) is 0 Å². The Hall–Kier alpha value is -1.11. The van der Waals surface area contributed by atoms with Gasteiger partial charge in [0.15, 0.2) is 5.78 Å². The summed E-state index contributed by atoms with van der Waals surface area (Å²) >= 11 is 2.20.